The molecular weight excluding hydrogens is 316 g/mol. The second kappa shape index (κ2) is 5.05. The van der Waals surface area contributed by atoms with E-state index in [2.05, 4.69) is 0 Å². The lowest BCUT2D eigenvalue weighted by atomic mass is 9.65. The van der Waals surface area contributed by atoms with Crippen molar-refractivity contribution in [2.24, 2.45) is 0 Å². The number of carbonyl (C=O) groups excluding carboxylic acids is 2. The van der Waals surface area contributed by atoms with Crippen LogP contribution in [0, 0.1) is 0 Å². The van der Waals surface area contributed by atoms with Gasteiger partial charge in [0, 0.05) is 35.6 Å². The number of phenolic OH excluding ortho intramolecular Hbond substituents is 4. The zero-order chi connectivity index (χ0) is 17.8. The van der Waals surface area contributed by atoms with Crippen molar-refractivity contribution in [2.45, 2.75) is 11.8 Å². The average Bonchev–Trinajstić information content (AvgIpc) is 2.46. The fraction of sp³-hybridized carbons (Fsp3) is 0.125. The van der Waals surface area contributed by atoms with Gasteiger partial charge < -0.3 is 31.9 Å². The zero-order valence-corrected chi connectivity index (χ0v) is 12.2. The predicted octanol–water partition coefficient (Wildman–Crippen LogP) is 0.693. The molecule has 2 aromatic carbocycles. The summed E-state index contributed by atoms with van der Waals surface area (Å²) in [7, 11) is 0. The molecule has 0 aliphatic heterocycles. The van der Waals surface area contributed by atoms with Crippen molar-refractivity contribution in [3.05, 3.63) is 35.4 Å². The van der Waals surface area contributed by atoms with Gasteiger partial charge in [-0.05, 0) is 0 Å². The van der Waals surface area contributed by atoms with E-state index in [-0.39, 0.29) is 22.5 Å². The molecule has 1 saturated carbocycles. The van der Waals surface area contributed by atoms with Gasteiger partial charge in [-0.25, -0.2) is 0 Å². The van der Waals surface area contributed by atoms with Gasteiger partial charge in [-0.1, -0.05) is 0 Å². The highest BCUT2D eigenvalue weighted by Crippen LogP contribution is 2.51. The smallest absolute Gasteiger partial charge is 0.163 e. The number of anilines is 2. The van der Waals surface area contributed by atoms with Gasteiger partial charge in [-0.15, -0.1) is 0 Å². The highest BCUT2D eigenvalue weighted by atomic mass is 16.3. The first-order chi connectivity index (χ1) is 11.2. The van der Waals surface area contributed by atoms with Crippen molar-refractivity contribution in [2.75, 3.05) is 11.5 Å². The van der Waals surface area contributed by atoms with Crippen LogP contribution in [0.1, 0.15) is 23.0 Å². The van der Waals surface area contributed by atoms with Gasteiger partial charge in [0.05, 0.1) is 11.1 Å². The number of Topliss-reactive ketones (excluding diaryl/α,β-unsaturated/α-hetero) is 2. The minimum absolute atomic E-state index is 0.0679. The molecule has 0 unspecified atom stereocenters. The van der Waals surface area contributed by atoms with Gasteiger partial charge >= 0.3 is 0 Å². The summed E-state index contributed by atoms with van der Waals surface area (Å²) in [5.74, 6) is -6.08. The third kappa shape index (κ3) is 2.08. The Morgan fingerprint density at radius 1 is 0.625 bits per heavy atom. The maximum absolute atomic E-state index is 12.4. The first-order valence-electron chi connectivity index (χ1n) is 6.92. The third-order valence-corrected chi connectivity index (χ3v) is 4.03. The Morgan fingerprint density at radius 2 is 0.875 bits per heavy atom. The maximum atomic E-state index is 12.4. The molecule has 0 spiro atoms. The van der Waals surface area contributed by atoms with Crippen LogP contribution >= 0.6 is 0 Å². The zero-order valence-electron chi connectivity index (χ0n) is 12.2. The SMILES string of the molecule is Nc1cc(O)c(C2C(=O)C(c3c(O)cc(N)cc3O)C2=O)c(O)c1. The molecule has 2 aromatic rings. The van der Waals surface area contributed by atoms with Crippen LogP contribution in [0.15, 0.2) is 24.3 Å². The summed E-state index contributed by atoms with van der Waals surface area (Å²) in [5, 5.41) is 39.5. The molecule has 1 fully saturated rings. The first kappa shape index (κ1) is 15.5. The van der Waals surface area contributed by atoms with Gasteiger partial charge in [-0.2, -0.15) is 0 Å². The van der Waals surface area contributed by atoms with E-state index in [9.17, 15) is 30.0 Å². The quantitative estimate of drug-likeness (QED) is 0.345. The van der Waals surface area contributed by atoms with E-state index in [0.29, 0.717) is 0 Å². The summed E-state index contributed by atoms with van der Waals surface area (Å²) >= 11 is 0. The normalized spacial score (nSPS) is 20.0. The number of hydrogen-bond acceptors (Lipinski definition) is 8. The maximum Gasteiger partial charge on any atom is 0.163 e. The first-order valence-corrected chi connectivity index (χ1v) is 6.92. The standard InChI is InChI=1S/C16H14N2O6/c17-5-1-7(19)11(8(20)2-5)13-15(23)14(16(13)24)12-9(21)3-6(18)4-10(12)22/h1-4,13-14,19-22H,17-18H2. The van der Waals surface area contributed by atoms with E-state index in [1.165, 1.54) is 0 Å². The summed E-state index contributed by atoms with van der Waals surface area (Å²) in [5.41, 5.74) is 10.6. The number of phenols is 4. The lowest BCUT2D eigenvalue weighted by molar-refractivity contribution is -0.142. The molecule has 8 N–H and O–H groups in total. The minimum atomic E-state index is -1.40. The van der Waals surface area contributed by atoms with Crippen LogP contribution in [0.2, 0.25) is 0 Å². The third-order valence-electron chi connectivity index (χ3n) is 4.03. The van der Waals surface area contributed by atoms with Crippen LogP contribution in [0.3, 0.4) is 0 Å². The van der Waals surface area contributed by atoms with E-state index < -0.39 is 46.4 Å². The van der Waals surface area contributed by atoms with Crippen LogP contribution in [0.25, 0.3) is 0 Å². The number of carbonyl (C=O) groups is 2. The van der Waals surface area contributed by atoms with Gasteiger partial charge in [0.25, 0.3) is 0 Å². The number of benzene rings is 2. The number of hydrogen-bond donors (Lipinski definition) is 6. The molecule has 0 bridgehead atoms. The van der Waals surface area contributed by atoms with Crippen LogP contribution in [-0.4, -0.2) is 32.0 Å². The van der Waals surface area contributed by atoms with Crippen molar-refractivity contribution >= 4 is 22.9 Å². The number of rotatable bonds is 2. The lowest BCUT2D eigenvalue weighted by Gasteiger charge is -2.33. The molecule has 24 heavy (non-hydrogen) atoms. The van der Waals surface area contributed by atoms with E-state index in [1.54, 1.807) is 0 Å². The number of nitrogens with two attached hydrogens (primary N) is 2. The molecule has 0 atom stereocenters. The lowest BCUT2D eigenvalue weighted by Crippen LogP contribution is -2.44. The molecule has 8 heteroatoms. The van der Waals surface area contributed by atoms with E-state index in [4.69, 9.17) is 11.5 Å². The molecule has 0 radical (unpaired) electrons. The summed E-state index contributed by atoms with van der Waals surface area (Å²) in [6.45, 7) is 0. The van der Waals surface area contributed by atoms with Gasteiger partial charge in [0.1, 0.15) is 34.8 Å². The molecule has 0 aromatic heterocycles. The average molecular weight is 330 g/mol. The van der Waals surface area contributed by atoms with Crippen molar-refractivity contribution in [3.63, 3.8) is 0 Å². The molecular formula is C16H14N2O6. The minimum Gasteiger partial charge on any atom is -0.507 e. The van der Waals surface area contributed by atoms with Gasteiger partial charge in [0.15, 0.2) is 11.6 Å². The monoisotopic (exact) mass is 330 g/mol. The molecule has 0 heterocycles. The topological polar surface area (TPSA) is 167 Å². The molecule has 3 rings (SSSR count). The number of nitrogen functional groups attached to an aromatic ring is 2. The molecule has 1 aliphatic carbocycles. The Balaban J connectivity index is 2.03. The van der Waals surface area contributed by atoms with Crippen molar-refractivity contribution in [3.8, 4) is 23.0 Å². The Hall–Kier alpha value is -3.42. The Kier molecular flexibility index (Phi) is 3.26. The van der Waals surface area contributed by atoms with Crippen LogP contribution in [0.4, 0.5) is 11.4 Å². The second-order valence-corrected chi connectivity index (χ2v) is 5.62. The highest BCUT2D eigenvalue weighted by molar-refractivity contribution is 6.32. The fourth-order valence-electron chi connectivity index (χ4n) is 2.97. The summed E-state index contributed by atoms with van der Waals surface area (Å²) in [6, 6.07) is 4.45. The van der Waals surface area contributed by atoms with Gasteiger partial charge in [-0.3, -0.25) is 9.59 Å². The molecule has 8 nitrogen and oxygen atoms in total. The molecule has 1 aliphatic rings. The molecule has 0 amide bonds. The fourth-order valence-corrected chi connectivity index (χ4v) is 2.97. The molecule has 124 valence electrons. The Morgan fingerprint density at radius 3 is 1.12 bits per heavy atom. The van der Waals surface area contributed by atoms with Crippen molar-refractivity contribution in [1.82, 2.24) is 0 Å². The van der Waals surface area contributed by atoms with Crippen molar-refractivity contribution in [1.29, 1.82) is 0 Å². The van der Waals surface area contributed by atoms with E-state index >= 15 is 0 Å². The summed E-state index contributed by atoms with van der Waals surface area (Å²) in [6.07, 6.45) is 0. The summed E-state index contributed by atoms with van der Waals surface area (Å²) in [4.78, 5) is 24.8. The Labute approximate surface area is 135 Å². The second-order valence-electron chi connectivity index (χ2n) is 5.62. The van der Waals surface area contributed by atoms with E-state index in [0.717, 1.165) is 24.3 Å². The highest BCUT2D eigenvalue weighted by Gasteiger charge is 2.54. The van der Waals surface area contributed by atoms with Crippen LogP contribution < -0.4 is 11.5 Å². The molecule has 0 saturated heterocycles. The Bertz CT molecular complexity index is 761. The van der Waals surface area contributed by atoms with Crippen LogP contribution in [0.5, 0.6) is 23.0 Å². The number of ketones is 2. The van der Waals surface area contributed by atoms with E-state index in [1.807, 2.05) is 0 Å². The number of aromatic hydroxyl groups is 4. The van der Waals surface area contributed by atoms with Crippen molar-refractivity contribution < 1.29 is 30.0 Å². The predicted molar refractivity (Wildman–Crippen MR) is 83.9 cm³/mol. The summed E-state index contributed by atoms with van der Waals surface area (Å²) < 4.78 is 0. The largest absolute Gasteiger partial charge is 0.507 e. The van der Waals surface area contributed by atoms with Gasteiger partial charge in [0.2, 0.25) is 0 Å². The van der Waals surface area contributed by atoms with Crippen LogP contribution in [-0.2, 0) is 9.59 Å².